The second-order valence-electron chi connectivity index (χ2n) is 6.39. The quantitative estimate of drug-likeness (QED) is 0.516. The molecule has 0 aliphatic heterocycles. The maximum atomic E-state index is 12.2. The minimum atomic E-state index is -0.189. The minimum absolute atomic E-state index is 0.0417. The molecule has 0 aromatic heterocycles. The summed E-state index contributed by atoms with van der Waals surface area (Å²) in [6.07, 6.45) is 3.41. The van der Waals surface area contributed by atoms with E-state index in [0.717, 1.165) is 35.2 Å². The fourth-order valence-corrected chi connectivity index (χ4v) is 2.84. The summed E-state index contributed by atoms with van der Waals surface area (Å²) in [6, 6.07) is 21.2. The van der Waals surface area contributed by atoms with Crippen LogP contribution in [0.15, 0.2) is 66.7 Å². The predicted octanol–water partition coefficient (Wildman–Crippen LogP) is 5.43. The lowest BCUT2D eigenvalue weighted by Crippen LogP contribution is -2.20. The van der Waals surface area contributed by atoms with Gasteiger partial charge in [0.2, 0.25) is 0 Å². The Morgan fingerprint density at radius 2 is 1.56 bits per heavy atom. The van der Waals surface area contributed by atoms with Gasteiger partial charge in [-0.1, -0.05) is 56.2 Å². The number of rotatable bonds is 9. The number of ether oxygens (including phenoxy) is 2. The first-order valence-electron chi connectivity index (χ1n) is 9.39. The molecule has 0 fully saturated rings. The van der Waals surface area contributed by atoms with E-state index in [1.807, 2.05) is 66.7 Å². The van der Waals surface area contributed by atoms with Crippen molar-refractivity contribution in [2.24, 2.45) is 0 Å². The van der Waals surface area contributed by atoms with E-state index in [0.29, 0.717) is 5.75 Å². The Labute approximate surface area is 160 Å². The van der Waals surface area contributed by atoms with Gasteiger partial charge in [-0.2, -0.15) is 0 Å². The van der Waals surface area contributed by atoms with Crippen LogP contribution in [0, 0.1) is 0 Å². The third-order valence-corrected chi connectivity index (χ3v) is 4.27. The number of anilines is 1. The van der Waals surface area contributed by atoms with E-state index >= 15 is 0 Å². The normalized spacial score (nSPS) is 10.6. The van der Waals surface area contributed by atoms with Gasteiger partial charge in [-0.15, -0.1) is 0 Å². The molecule has 0 heterocycles. The predicted molar refractivity (Wildman–Crippen MR) is 110 cm³/mol. The second-order valence-corrected chi connectivity index (χ2v) is 6.39. The Morgan fingerprint density at radius 3 is 2.33 bits per heavy atom. The number of carbonyl (C=O) groups excluding carboxylic acids is 1. The van der Waals surface area contributed by atoms with E-state index in [2.05, 4.69) is 12.2 Å². The minimum Gasteiger partial charge on any atom is -0.494 e. The van der Waals surface area contributed by atoms with Gasteiger partial charge in [0.05, 0.1) is 6.61 Å². The summed E-state index contributed by atoms with van der Waals surface area (Å²) in [5, 5.41) is 5.02. The topological polar surface area (TPSA) is 47.6 Å². The van der Waals surface area contributed by atoms with Crippen LogP contribution in [0.25, 0.3) is 10.8 Å². The summed E-state index contributed by atoms with van der Waals surface area (Å²) in [7, 11) is 0. The van der Waals surface area contributed by atoms with Crippen molar-refractivity contribution < 1.29 is 14.3 Å². The molecular weight excluding hydrogens is 338 g/mol. The highest BCUT2D eigenvalue weighted by atomic mass is 16.5. The molecule has 4 heteroatoms. The maximum absolute atomic E-state index is 12.2. The Balaban J connectivity index is 1.50. The van der Waals surface area contributed by atoms with Crippen molar-refractivity contribution in [1.29, 1.82) is 0 Å². The molecule has 0 spiro atoms. The first kappa shape index (κ1) is 18.8. The average Bonchev–Trinajstić information content (AvgIpc) is 2.71. The molecule has 0 atom stereocenters. The molecule has 0 saturated carbocycles. The number of hydrogen-bond acceptors (Lipinski definition) is 3. The van der Waals surface area contributed by atoms with Gasteiger partial charge in [0.1, 0.15) is 11.5 Å². The SMILES string of the molecule is CCCCCOc1ccc(OCC(=O)Nc2cccc3ccccc23)cc1. The van der Waals surface area contributed by atoms with E-state index in [1.54, 1.807) is 0 Å². The number of amides is 1. The fraction of sp³-hybridized carbons (Fsp3) is 0.261. The Hall–Kier alpha value is -3.01. The highest BCUT2D eigenvalue weighted by Gasteiger charge is 2.07. The van der Waals surface area contributed by atoms with Crippen molar-refractivity contribution in [2.75, 3.05) is 18.5 Å². The summed E-state index contributed by atoms with van der Waals surface area (Å²) in [5.41, 5.74) is 0.789. The third-order valence-electron chi connectivity index (χ3n) is 4.27. The van der Waals surface area contributed by atoms with Crippen molar-refractivity contribution >= 4 is 22.4 Å². The van der Waals surface area contributed by atoms with Gasteiger partial charge in [0.15, 0.2) is 6.61 Å². The van der Waals surface area contributed by atoms with Gasteiger partial charge in [-0.25, -0.2) is 0 Å². The van der Waals surface area contributed by atoms with Crippen molar-refractivity contribution in [3.63, 3.8) is 0 Å². The van der Waals surface area contributed by atoms with Crippen LogP contribution in [0.5, 0.6) is 11.5 Å². The molecule has 0 aliphatic rings. The van der Waals surface area contributed by atoms with Gasteiger partial charge >= 0.3 is 0 Å². The molecule has 1 amide bonds. The van der Waals surface area contributed by atoms with E-state index in [4.69, 9.17) is 9.47 Å². The monoisotopic (exact) mass is 363 g/mol. The van der Waals surface area contributed by atoms with Crippen LogP contribution in [0.4, 0.5) is 5.69 Å². The Bertz CT molecular complexity index is 869. The molecule has 3 aromatic carbocycles. The molecule has 4 nitrogen and oxygen atoms in total. The van der Waals surface area contributed by atoms with Crippen LogP contribution >= 0.6 is 0 Å². The molecular formula is C23H25NO3. The van der Waals surface area contributed by atoms with Crippen LogP contribution in [0.3, 0.4) is 0 Å². The molecule has 0 aliphatic carbocycles. The zero-order valence-corrected chi connectivity index (χ0v) is 15.6. The molecule has 0 unspecified atom stereocenters. The summed E-state index contributed by atoms with van der Waals surface area (Å²) in [4.78, 5) is 12.2. The first-order chi connectivity index (χ1) is 13.3. The lowest BCUT2D eigenvalue weighted by atomic mass is 10.1. The Kier molecular flexibility index (Phi) is 6.69. The average molecular weight is 363 g/mol. The third kappa shape index (κ3) is 5.48. The number of fused-ring (bicyclic) bond motifs is 1. The molecule has 3 aromatic rings. The van der Waals surface area contributed by atoms with E-state index in [-0.39, 0.29) is 12.5 Å². The van der Waals surface area contributed by atoms with Crippen molar-refractivity contribution in [2.45, 2.75) is 26.2 Å². The molecule has 0 bridgehead atoms. The van der Waals surface area contributed by atoms with Crippen LogP contribution in [-0.4, -0.2) is 19.1 Å². The lowest BCUT2D eigenvalue weighted by molar-refractivity contribution is -0.118. The summed E-state index contributed by atoms with van der Waals surface area (Å²) < 4.78 is 11.3. The van der Waals surface area contributed by atoms with Gasteiger partial charge in [0, 0.05) is 11.1 Å². The summed E-state index contributed by atoms with van der Waals surface area (Å²) in [5.74, 6) is 1.27. The van der Waals surface area contributed by atoms with Gasteiger partial charge < -0.3 is 14.8 Å². The number of nitrogens with one attached hydrogen (secondary N) is 1. The van der Waals surface area contributed by atoms with E-state index in [9.17, 15) is 4.79 Å². The largest absolute Gasteiger partial charge is 0.494 e. The highest BCUT2D eigenvalue weighted by Crippen LogP contribution is 2.23. The number of benzene rings is 3. The molecule has 27 heavy (non-hydrogen) atoms. The zero-order valence-electron chi connectivity index (χ0n) is 15.6. The number of hydrogen-bond donors (Lipinski definition) is 1. The Morgan fingerprint density at radius 1 is 0.852 bits per heavy atom. The summed E-state index contributed by atoms with van der Waals surface area (Å²) >= 11 is 0. The van der Waals surface area contributed by atoms with Crippen LogP contribution < -0.4 is 14.8 Å². The van der Waals surface area contributed by atoms with E-state index in [1.165, 1.54) is 12.8 Å². The standard InChI is InChI=1S/C23H25NO3/c1-2-3-6-16-26-19-12-14-20(15-13-19)27-17-23(25)24-22-11-7-9-18-8-4-5-10-21(18)22/h4-5,7-15H,2-3,6,16-17H2,1H3,(H,24,25). The molecule has 140 valence electrons. The molecule has 1 N–H and O–H groups in total. The smallest absolute Gasteiger partial charge is 0.262 e. The second kappa shape index (κ2) is 9.62. The maximum Gasteiger partial charge on any atom is 0.262 e. The lowest BCUT2D eigenvalue weighted by Gasteiger charge is -2.10. The number of unbranched alkanes of at least 4 members (excludes halogenated alkanes) is 2. The first-order valence-corrected chi connectivity index (χ1v) is 9.39. The van der Waals surface area contributed by atoms with E-state index < -0.39 is 0 Å². The fourth-order valence-electron chi connectivity index (χ4n) is 2.84. The van der Waals surface area contributed by atoms with Gasteiger partial charge in [-0.3, -0.25) is 4.79 Å². The van der Waals surface area contributed by atoms with Crippen LogP contribution in [0.1, 0.15) is 26.2 Å². The van der Waals surface area contributed by atoms with Crippen molar-refractivity contribution in [3.05, 3.63) is 66.7 Å². The number of carbonyl (C=O) groups is 1. The van der Waals surface area contributed by atoms with Gasteiger partial charge in [-0.05, 0) is 42.1 Å². The molecule has 0 radical (unpaired) electrons. The highest BCUT2D eigenvalue weighted by molar-refractivity contribution is 6.02. The molecule has 3 rings (SSSR count). The summed E-state index contributed by atoms with van der Waals surface area (Å²) in [6.45, 7) is 2.85. The zero-order chi connectivity index (χ0) is 18.9. The van der Waals surface area contributed by atoms with Crippen LogP contribution in [-0.2, 0) is 4.79 Å². The van der Waals surface area contributed by atoms with Gasteiger partial charge in [0.25, 0.3) is 5.91 Å². The molecule has 0 saturated heterocycles. The van der Waals surface area contributed by atoms with Crippen LogP contribution in [0.2, 0.25) is 0 Å². The van der Waals surface area contributed by atoms with Crippen molar-refractivity contribution in [3.8, 4) is 11.5 Å². The van der Waals surface area contributed by atoms with Crippen molar-refractivity contribution in [1.82, 2.24) is 0 Å².